The minimum atomic E-state index is -1.38. The number of para-hydroxylation sites is 1. The number of imidazole rings is 1. The molecule has 1 fully saturated rings. The van der Waals surface area contributed by atoms with Crippen LogP contribution in [0.1, 0.15) is 48.1 Å². The van der Waals surface area contributed by atoms with E-state index in [2.05, 4.69) is 0 Å². The lowest BCUT2D eigenvalue weighted by molar-refractivity contribution is -0.621. The highest BCUT2D eigenvalue weighted by Crippen LogP contribution is 2.41. The molecule has 36 heavy (non-hydrogen) atoms. The number of carbonyl (C=O) groups excluding carboxylic acids is 2. The summed E-state index contributed by atoms with van der Waals surface area (Å²) in [4.78, 5) is 26.6. The monoisotopic (exact) mass is 488 g/mol. The van der Waals surface area contributed by atoms with Crippen LogP contribution in [0.5, 0.6) is 5.75 Å². The first-order valence-electron chi connectivity index (χ1n) is 11.9. The first-order chi connectivity index (χ1) is 17.2. The van der Waals surface area contributed by atoms with Gasteiger partial charge in [0.25, 0.3) is 11.6 Å². The standard InChI is InChI=1S/C28H28N2O6/c1-17-18(2)30(33)25(29(17)15-19-10-6-5-7-11-19)23(24-26(31)35-28(3,4)36-27(24)32)21-14-20-12-8-9-13-22(20)34-16-21/h5-14,23-24H,15-16H2,1-4H3/t23-/m0/s1. The summed E-state index contributed by atoms with van der Waals surface area (Å²) in [5.74, 6) is -4.21. The Labute approximate surface area is 209 Å². The molecule has 186 valence electrons. The number of benzene rings is 2. The predicted molar refractivity (Wildman–Crippen MR) is 131 cm³/mol. The van der Waals surface area contributed by atoms with Crippen LogP contribution in [-0.2, 0) is 25.6 Å². The largest absolute Gasteiger partial charge is 0.711 e. The first kappa shape index (κ1) is 23.7. The fourth-order valence-electron chi connectivity index (χ4n) is 4.90. The van der Waals surface area contributed by atoms with E-state index in [0.29, 0.717) is 23.6 Å². The van der Waals surface area contributed by atoms with Crippen molar-refractivity contribution in [1.82, 2.24) is 4.57 Å². The van der Waals surface area contributed by atoms with Crippen molar-refractivity contribution < 1.29 is 28.5 Å². The van der Waals surface area contributed by atoms with Gasteiger partial charge in [0, 0.05) is 33.3 Å². The number of hydrogen-bond acceptors (Lipinski definition) is 6. The van der Waals surface area contributed by atoms with E-state index >= 15 is 0 Å². The van der Waals surface area contributed by atoms with Crippen molar-refractivity contribution in [3.63, 3.8) is 0 Å². The number of rotatable bonds is 5. The average Bonchev–Trinajstić information content (AvgIpc) is 3.04. The van der Waals surface area contributed by atoms with Crippen LogP contribution in [0, 0.1) is 25.0 Å². The van der Waals surface area contributed by atoms with Gasteiger partial charge in [-0.1, -0.05) is 48.5 Å². The van der Waals surface area contributed by atoms with Crippen molar-refractivity contribution in [2.45, 2.75) is 45.9 Å². The molecule has 0 spiro atoms. The Hall–Kier alpha value is -4.07. The number of carbonyl (C=O) groups is 2. The Balaban J connectivity index is 1.70. The van der Waals surface area contributed by atoms with Gasteiger partial charge in [-0.2, -0.15) is 0 Å². The van der Waals surface area contributed by atoms with Gasteiger partial charge in [0.05, 0.1) is 0 Å². The molecule has 3 aromatic rings. The predicted octanol–water partition coefficient (Wildman–Crippen LogP) is 3.80. The minimum Gasteiger partial charge on any atom is -0.711 e. The van der Waals surface area contributed by atoms with Crippen molar-refractivity contribution in [1.29, 1.82) is 0 Å². The van der Waals surface area contributed by atoms with E-state index in [1.54, 1.807) is 6.92 Å². The van der Waals surface area contributed by atoms with Crippen LogP contribution in [0.15, 0.2) is 60.2 Å². The quantitative estimate of drug-likeness (QED) is 0.235. The molecular weight excluding hydrogens is 460 g/mol. The van der Waals surface area contributed by atoms with Crippen LogP contribution in [0.2, 0.25) is 0 Å². The highest BCUT2D eigenvalue weighted by Gasteiger charge is 2.53. The van der Waals surface area contributed by atoms with Crippen LogP contribution in [-0.4, -0.2) is 28.9 Å². The third-order valence-corrected chi connectivity index (χ3v) is 6.77. The number of cyclic esters (lactones) is 2. The van der Waals surface area contributed by atoms with Gasteiger partial charge in [-0.15, -0.1) is 0 Å². The van der Waals surface area contributed by atoms with E-state index < -0.39 is 29.6 Å². The van der Waals surface area contributed by atoms with Gasteiger partial charge in [0.2, 0.25) is 0 Å². The summed E-state index contributed by atoms with van der Waals surface area (Å²) in [6.45, 7) is 7.10. The summed E-state index contributed by atoms with van der Waals surface area (Å²) in [7, 11) is 0. The summed E-state index contributed by atoms with van der Waals surface area (Å²) >= 11 is 0. The lowest BCUT2D eigenvalue weighted by Crippen LogP contribution is -2.51. The topological polar surface area (TPSA) is 93.7 Å². The number of esters is 2. The van der Waals surface area contributed by atoms with Gasteiger partial charge >= 0.3 is 11.9 Å². The molecule has 0 aliphatic carbocycles. The van der Waals surface area contributed by atoms with E-state index in [4.69, 9.17) is 14.2 Å². The van der Waals surface area contributed by atoms with Gasteiger partial charge in [0.1, 0.15) is 36.2 Å². The van der Waals surface area contributed by atoms with Gasteiger partial charge < -0.3 is 19.4 Å². The van der Waals surface area contributed by atoms with E-state index in [0.717, 1.165) is 21.6 Å². The number of nitrogens with zero attached hydrogens (tertiary/aromatic N) is 2. The molecule has 0 N–H and O–H groups in total. The molecule has 3 heterocycles. The molecule has 0 amide bonds. The van der Waals surface area contributed by atoms with E-state index in [1.807, 2.05) is 72.2 Å². The second-order valence-electron chi connectivity index (χ2n) is 9.64. The van der Waals surface area contributed by atoms with E-state index in [1.165, 1.54) is 13.8 Å². The number of aromatic nitrogens is 2. The summed E-state index contributed by atoms with van der Waals surface area (Å²) in [6, 6.07) is 17.2. The molecule has 1 saturated heterocycles. The Morgan fingerprint density at radius 1 is 1.03 bits per heavy atom. The maximum Gasteiger partial charge on any atom is 0.324 e. The minimum absolute atomic E-state index is 0.108. The summed E-state index contributed by atoms with van der Waals surface area (Å²) < 4.78 is 19.6. The Morgan fingerprint density at radius 3 is 2.36 bits per heavy atom. The summed E-state index contributed by atoms with van der Waals surface area (Å²) in [5, 5.41) is 13.6. The summed E-state index contributed by atoms with van der Waals surface area (Å²) in [5.41, 5.74) is 3.62. The third-order valence-electron chi connectivity index (χ3n) is 6.77. The van der Waals surface area contributed by atoms with E-state index in [9.17, 15) is 14.8 Å². The number of fused-ring (bicyclic) bond motifs is 1. The Bertz CT molecular complexity index is 1350. The zero-order valence-corrected chi connectivity index (χ0v) is 20.7. The molecule has 1 aromatic heterocycles. The van der Waals surface area contributed by atoms with Crippen molar-refractivity contribution in [3.8, 4) is 5.75 Å². The van der Waals surface area contributed by atoms with Crippen LogP contribution in [0.25, 0.3) is 6.08 Å². The molecule has 0 unspecified atom stereocenters. The molecule has 2 aromatic carbocycles. The van der Waals surface area contributed by atoms with Crippen LogP contribution < -0.4 is 9.47 Å². The molecule has 8 heteroatoms. The molecule has 2 aliphatic heterocycles. The number of ether oxygens (including phenoxy) is 3. The fourth-order valence-corrected chi connectivity index (χ4v) is 4.90. The van der Waals surface area contributed by atoms with Crippen molar-refractivity contribution in [3.05, 3.63) is 93.7 Å². The van der Waals surface area contributed by atoms with Gasteiger partial charge in [-0.25, -0.2) is 9.30 Å². The maximum absolute atomic E-state index is 13.6. The SMILES string of the molecule is Cc1c(C)[n+]([O-])c([C@@H](C2=Cc3ccccc3OC2)C2C(=O)OC(C)(C)OC2=O)n1Cc1ccccc1. The molecule has 5 rings (SSSR count). The highest BCUT2D eigenvalue weighted by atomic mass is 16.7. The second-order valence-corrected chi connectivity index (χ2v) is 9.64. The molecule has 1 atom stereocenters. The smallest absolute Gasteiger partial charge is 0.324 e. The lowest BCUT2D eigenvalue weighted by Gasteiger charge is -2.36. The molecule has 8 nitrogen and oxygen atoms in total. The van der Waals surface area contributed by atoms with Crippen molar-refractivity contribution in [2.24, 2.45) is 5.92 Å². The summed E-state index contributed by atoms with van der Waals surface area (Å²) in [6.07, 6.45) is 1.88. The molecule has 0 saturated carbocycles. The molecule has 0 bridgehead atoms. The van der Waals surface area contributed by atoms with Crippen molar-refractivity contribution >= 4 is 18.0 Å². The fraction of sp³-hybridized carbons (Fsp3) is 0.321. The molecule has 0 radical (unpaired) electrons. The van der Waals surface area contributed by atoms with E-state index in [-0.39, 0.29) is 12.4 Å². The van der Waals surface area contributed by atoms with Gasteiger partial charge in [0.15, 0.2) is 5.92 Å². The van der Waals surface area contributed by atoms with Crippen LogP contribution >= 0.6 is 0 Å². The zero-order chi connectivity index (χ0) is 25.6. The van der Waals surface area contributed by atoms with Gasteiger partial charge in [-0.05, 0) is 23.3 Å². The first-order valence-corrected chi connectivity index (χ1v) is 11.9. The second kappa shape index (κ2) is 8.86. The zero-order valence-electron chi connectivity index (χ0n) is 20.7. The lowest BCUT2D eigenvalue weighted by atomic mass is 9.82. The molecular formula is C28H28N2O6. The normalized spacial score (nSPS) is 17.9. The Kier molecular flexibility index (Phi) is 5.82. The molecule has 2 aliphatic rings. The maximum atomic E-state index is 13.6. The van der Waals surface area contributed by atoms with Gasteiger partial charge in [-0.3, -0.25) is 9.59 Å². The average molecular weight is 489 g/mol. The van der Waals surface area contributed by atoms with Crippen LogP contribution in [0.3, 0.4) is 0 Å². The van der Waals surface area contributed by atoms with Crippen LogP contribution in [0.4, 0.5) is 0 Å². The van der Waals surface area contributed by atoms with Crippen molar-refractivity contribution in [2.75, 3.05) is 6.61 Å². The highest BCUT2D eigenvalue weighted by molar-refractivity contribution is 5.98. The third kappa shape index (κ3) is 4.12. The number of hydrogen-bond donors (Lipinski definition) is 0. The Morgan fingerprint density at radius 2 is 1.67 bits per heavy atom.